The van der Waals surface area contributed by atoms with Gasteiger partial charge >= 0.3 is 5.97 Å². The van der Waals surface area contributed by atoms with Gasteiger partial charge in [-0.3, -0.25) is 0 Å². The topological polar surface area (TPSA) is 42.2 Å². The van der Waals surface area contributed by atoms with E-state index in [0.717, 1.165) is 22.3 Å². The molecule has 2 aromatic rings. The molecule has 0 radical (unpaired) electrons. The van der Waals surface area contributed by atoms with Crippen molar-refractivity contribution in [1.29, 1.82) is 0 Å². The molecule has 0 aliphatic heterocycles. The summed E-state index contributed by atoms with van der Waals surface area (Å²) >= 11 is 1.86. The average molecular weight is 263 g/mol. The number of benzene rings is 1. The highest BCUT2D eigenvalue weighted by Crippen LogP contribution is 2.26. The zero-order valence-corrected chi connectivity index (χ0v) is 11.6. The number of aryl methyl sites for hydroxylation is 1. The second-order valence-corrected chi connectivity index (χ2v) is 6.16. The van der Waals surface area contributed by atoms with Gasteiger partial charge in [0.05, 0.1) is 5.56 Å². The number of aromatic carboxylic acids is 1. The molecule has 0 fully saturated rings. The first-order valence-corrected chi connectivity index (χ1v) is 6.97. The monoisotopic (exact) mass is 263 g/mol. The lowest BCUT2D eigenvalue weighted by molar-refractivity contribution is 0.0699. The molecule has 0 bridgehead atoms. The number of nitrogens with zero attached hydrogens (tertiary/aromatic N) is 1. The van der Waals surface area contributed by atoms with Crippen LogP contribution in [0.4, 0.5) is 0 Å². The predicted octanol–water partition coefficient (Wildman–Crippen LogP) is 3.52. The molecule has 3 nitrogen and oxygen atoms in total. The van der Waals surface area contributed by atoms with E-state index < -0.39 is 5.97 Å². The number of carboxylic acids is 1. The van der Waals surface area contributed by atoms with Crippen molar-refractivity contribution in [2.75, 3.05) is 0 Å². The SMILES string of the molecule is CC(C)SCc1cc2c(C(=O)O)cccc2n1C. The highest BCUT2D eigenvalue weighted by atomic mass is 32.2. The molecule has 4 heteroatoms. The molecule has 0 spiro atoms. The van der Waals surface area contributed by atoms with Gasteiger partial charge in [-0.2, -0.15) is 11.8 Å². The van der Waals surface area contributed by atoms with E-state index in [9.17, 15) is 9.90 Å². The molecule has 1 aromatic heterocycles. The van der Waals surface area contributed by atoms with Crippen LogP contribution in [0, 0.1) is 0 Å². The summed E-state index contributed by atoms with van der Waals surface area (Å²) in [5.74, 6) is 0.0382. The van der Waals surface area contributed by atoms with Gasteiger partial charge in [0.1, 0.15) is 0 Å². The first-order valence-electron chi connectivity index (χ1n) is 5.93. The molecular formula is C14H17NO2S. The van der Waals surface area contributed by atoms with Gasteiger partial charge in [-0.05, 0) is 23.4 Å². The molecule has 18 heavy (non-hydrogen) atoms. The van der Waals surface area contributed by atoms with Crippen LogP contribution in [0.2, 0.25) is 0 Å². The third-order valence-corrected chi connectivity index (χ3v) is 4.11. The minimum Gasteiger partial charge on any atom is -0.478 e. The fourth-order valence-electron chi connectivity index (χ4n) is 1.99. The highest BCUT2D eigenvalue weighted by molar-refractivity contribution is 7.99. The zero-order chi connectivity index (χ0) is 13.3. The summed E-state index contributed by atoms with van der Waals surface area (Å²) in [6, 6.07) is 7.41. The van der Waals surface area contributed by atoms with E-state index in [1.165, 1.54) is 0 Å². The molecular weight excluding hydrogens is 246 g/mol. The number of hydrogen-bond acceptors (Lipinski definition) is 2. The minimum atomic E-state index is -0.866. The van der Waals surface area contributed by atoms with Crippen molar-refractivity contribution in [2.45, 2.75) is 24.9 Å². The van der Waals surface area contributed by atoms with Gasteiger partial charge in [-0.15, -0.1) is 0 Å². The Morgan fingerprint density at radius 1 is 1.44 bits per heavy atom. The lowest BCUT2D eigenvalue weighted by Crippen LogP contribution is -1.97. The maximum Gasteiger partial charge on any atom is 0.336 e. The molecule has 0 saturated heterocycles. The molecule has 1 N–H and O–H groups in total. The Morgan fingerprint density at radius 3 is 2.78 bits per heavy atom. The molecule has 0 aliphatic carbocycles. The summed E-state index contributed by atoms with van der Waals surface area (Å²) in [6.45, 7) is 4.33. The number of aromatic nitrogens is 1. The van der Waals surface area contributed by atoms with E-state index >= 15 is 0 Å². The summed E-state index contributed by atoms with van der Waals surface area (Å²) in [7, 11) is 1.99. The van der Waals surface area contributed by atoms with E-state index in [1.54, 1.807) is 12.1 Å². The van der Waals surface area contributed by atoms with Crippen LogP contribution in [0.5, 0.6) is 0 Å². The van der Waals surface area contributed by atoms with Crippen molar-refractivity contribution in [2.24, 2.45) is 7.05 Å². The Kier molecular flexibility index (Phi) is 3.66. The number of fused-ring (bicyclic) bond motifs is 1. The fraction of sp³-hybridized carbons (Fsp3) is 0.357. The van der Waals surface area contributed by atoms with Crippen LogP contribution in [0.15, 0.2) is 24.3 Å². The first-order chi connectivity index (χ1) is 8.50. The largest absolute Gasteiger partial charge is 0.478 e. The molecule has 0 amide bonds. The Morgan fingerprint density at radius 2 is 2.17 bits per heavy atom. The Hall–Kier alpha value is -1.42. The van der Waals surface area contributed by atoms with Crippen LogP contribution >= 0.6 is 11.8 Å². The molecule has 0 aliphatic rings. The molecule has 0 saturated carbocycles. The van der Waals surface area contributed by atoms with E-state index in [0.29, 0.717) is 10.8 Å². The van der Waals surface area contributed by atoms with Gasteiger partial charge in [0.15, 0.2) is 0 Å². The van der Waals surface area contributed by atoms with Gasteiger partial charge in [0.25, 0.3) is 0 Å². The zero-order valence-electron chi connectivity index (χ0n) is 10.8. The lowest BCUT2D eigenvalue weighted by Gasteiger charge is -2.06. The molecule has 1 aromatic carbocycles. The third-order valence-electron chi connectivity index (χ3n) is 2.98. The van der Waals surface area contributed by atoms with Crippen LogP contribution < -0.4 is 0 Å². The van der Waals surface area contributed by atoms with Crippen LogP contribution in [0.1, 0.15) is 29.9 Å². The van der Waals surface area contributed by atoms with E-state index in [2.05, 4.69) is 18.4 Å². The summed E-state index contributed by atoms with van der Waals surface area (Å²) in [5, 5.41) is 10.6. The fourth-order valence-corrected chi connectivity index (χ4v) is 2.77. The molecule has 1 heterocycles. The standard InChI is InChI=1S/C14H17NO2S/c1-9(2)18-8-10-7-12-11(14(16)17)5-4-6-13(12)15(10)3/h4-7,9H,8H2,1-3H3,(H,16,17). The second-order valence-electron chi connectivity index (χ2n) is 4.60. The Labute approximate surface area is 111 Å². The van der Waals surface area contributed by atoms with Gasteiger partial charge in [-0.25, -0.2) is 4.79 Å². The third kappa shape index (κ3) is 2.38. The van der Waals surface area contributed by atoms with Crippen LogP contribution in [0.3, 0.4) is 0 Å². The normalized spacial score (nSPS) is 11.3. The van der Waals surface area contributed by atoms with Gasteiger partial charge in [0, 0.05) is 29.4 Å². The maximum absolute atomic E-state index is 11.2. The van der Waals surface area contributed by atoms with Crippen LogP contribution in [0.25, 0.3) is 10.9 Å². The predicted molar refractivity (Wildman–Crippen MR) is 76.3 cm³/mol. The Balaban J connectivity index is 2.48. The van der Waals surface area contributed by atoms with Crippen molar-refractivity contribution in [3.05, 3.63) is 35.5 Å². The van der Waals surface area contributed by atoms with E-state index in [-0.39, 0.29) is 0 Å². The molecule has 96 valence electrons. The number of carboxylic acid groups (broad SMARTS) is 1. The first kappa shape index (κ1) is 13.0. The summed E-state index contributed by atoms with van der Waals surface area (Å²) < 4.78 is 2.08. The summed E-state index contributed by atoms with van der Waals surface area (Å²) in [6.07, 6.45) is 0. The van der Waals surface area contributed by atoms with Gasteiger partial charge in [-0.1, -0.05) is 19.9 Å². The maximum atomic E-state index is 11.2. The molecule has 2 rings (SSSR count). The number of hydrogen-bond donors (Lipinski definition) is 1. The van der Waals surface area contributed by atoms with E-state index in [1.807, 2.05) is 30.9 Å². The lowest BCUT2D eigenvalue weighted by atomic mass is 10.1. The van der Waals surface area contributed by atoms with Crippen LogP contribution in [-0.2, 0) is 12.8 Å². The highest BCUT2D eigenvalue weighted by Gasteiger charge is 2.13. The quantitative estimate of drug-likeness (QED) is 0.917. The number of rotatable bonds is 4. The minimum absolute atomic E-state index is 0.379. The smallest absolute Gasteiger partial charge is 0.336 e. The van der Waals surface area contributed by atoms with Crippen molar-refractivity contribution in [3.63, 3.8) is 0 Å². The van der Waals surface area contributed by atoms with Gasteiger partial charge < -0.3 is 9.67 Å². The second kappa shape index (κ2) is 5.06. The van der Waals surface area contributed by atoms with Crippen molar-refractivity contribution in [1.82, 2.24) is 4.57 Å². The molecule has 0 unspecified atom stereocenters. The van der Waals surface area contributed by atoms with Crippen LogP contribution in [-0.4, -0.2) is 20.9 Å². The summed E-state index contributed by atoms with van der Waals surface area (Å²) in [5.41, 5.74) is 2.52. The Bertz CT molecular complexity index is 587. The average Bonchev–Trinajstić information content (AvgIpc) is 2.63. The van der Waals surface area contributed by atoms with Crippen molar-refractivity contribution in [3.8, 4) is 0 Å². The van der Waals surface area contributed by atoms with Crippen molar-refractivity contribution >= 4 is 28.6 Å². The number of thioether (sulfide) groups is 1. The van der Waals surface area contributed by atoms with Crippen molar-refractivity contribution < 1.29 is 9.90 Å². The summed E-state index contributed by atoms with van der Waals surface area (Å²) in [4.78, 5) is 11.2. The number of carbonyl (C=O) groups is 1. The van der Waals surface area contributed by atoms with E-state index in [4.69, 9.17) is 0 Å². The molecule has 0 atom stereocenters. The van der Waals surface area contributed by atoms with Gasteiger partial charge in [0.2, 0.25) is 0 Å².